The van der Waals surface area contributed by atoms with Crippen molar-refractivity contribution < 1.29 is 4.79 Å². The lowest BCUT2D eigenvalue weighted by Gasteiger charge is -1.92. The Balaban J connectivity index is 2.15. The first kappa shape index (κ1) is 7.32. The van der Waals surface area contributed by atoms with Crippen molar-refractivity contribution in [2.24, 2.45) is 5.92 Å². The fourth-order valence-electron chi connectivity index (χ4n) is 0.745. The van der Waals surface area contributed by atoms with Crippen molar-refractivity contribution in [1.29, 1.82) is 0 Å². The zero-order valence-corrected chi connectivity index (χ0v) is 6.26. The van der Waals surface area contributed by atoms with E-state index in [-0.39, 0.29) is 5.91 Å². The van der Waals surface area contributed by atoms with Crippen molar-refractivity contribution in [3.05, 3.63) is 12.2 Å². The third-order valence-corrected chi connectivity index (χ3v) is 1.49. The van der Waals surface area contributed by atoms with E-state index >= 15 is 0 Å². The molecule has 1 aliphatic carbocycles. The summed E-state index contributed by atoms with van der Waals surface area (Å²) < 4.78 is 0. The van der Waals surface area contributed by atoms with Gasteiger partial charge in [-0.1, -0.05) is 6.08 Å². The Bertz CT molecular complexity index is 147. The van der Waals surface area contributed by atoms with Gasteiger partial charge in [0, 0.05) is 6.54 Å². The van der Waals surface area contributed by atoms with Crippen LogP contribution in [0.3, 0.4) is 0 Å². The summed E-state index contributed by atoms with van der Waals surface area (Å²) in [6, 6.07) is 0. The number of amides is 1. The molecule has 0 aliphatic heterocycles. The van der Waals surface area contributed by atoms with E-state index in [4.69, 9.17) is 0 Å². The Morgan fingerprint density at radius 3 is 2.90 bits per heavy atom. The lowest BCUT2D eigenvalue weighted by Crippen LogP contribution is -2.19. The molecular formula is C8H13NO. The summed E-state index contributed by atoms with van der Waals surface area (Å²) in [7, 11) is 0. The lowest BCUT2D eigenvalue weighted by molar-refractivity contribution is -0.116. The second kappa shape index (κ2) is 3.40. The predicted octanol–water partition coefficient (Wildman–Crippen LogP) is 1.09. The van der Waals surface area contributed by atoms with E-state index in [2.05, 4.69) is 5.32 Å². The van der Waals surface area contributed by atoms with E-state index in [0.29, 0.717) is 12.5 Å². The first-order chi connectivity index (χ1) is 4.83. The van der Waals surface area contributed by atoms with Gasteiger partial charge in [0.1, 0.15) is 0 Å². The van der Waals surface area contributed by atoms with Gasteiger partial charge < -0.3 is 5.32 Å². The zero-order chi connectivity index (χ0) is 7.40. The van der Waals surface area contributed by atoms with E-state index in [1.165, 1.54) is 12.8 Å². The molecule has 1 fully saturated rings. The van der Waals surface area contributed by atoms with Crippen LogP contribution in [0.15, 0.2) is 12.2 Å². The number of hydrogen-bond acceptors (Lipinski definition) is 1. The van der Waals surface area contributed by atoms with Crippen molar-refractivity contribution in [2.75, 3.05) is 6.54 Å². The summed E-state index contributed by atoms with van der Waals surface area (Å²) in [5, 5.41) is 2.70. The van der Waals surface area contributed by atoms with Crippen molar-refractivity contribution in [3.8, 4) is 0 Å². The highest BCUT2D eigenvalue weighted by Crippen LogP contribution is 2.29. The molecule has 0 heterocycles. The number of nitrogens with one attached hydrogen (secondary N) is 1. The molecule has 56 valence electrons. The van der Waals surface area contributed by atoms with E-state index in [1.807, 2.05) is 13.0 Å². The van der Waals surface area contributed by atoms with Crippen molar-refractivity contribution in [1.82, 2.24) is 5.32 Å². The minimum Gasteiger partial charge on any atom is -0.353 e. The third kappa shape index (κ3) is 2.67. The maximum atomic E-state index is 10.8. The van der Waals surface area contributed by atoms with E-state index < -0.39 is 0 Å². The van der Waals surface area contributed by atoms with Crippen LogP contribution in [-0.4, -0.2) is 12.5 Å². The fraction of sp³-hybridized carbons (Fsp3) is 0.625. The standard InChI is InChI=1S/C8H13NO/c1-2-9-8(10)6-5-7-3-4-7/h5-7H,2-4H2,1H3,(H,9,10)/b6-5+. The van der Waals surface area contributed by atoms with Crippen LogP contribution < -0.4 is 5.32 Å². The average molecular weight is 139 g/mol. The van der Waals surface area contributed by atoms with Gasteiger partial charge in [-0.05, 0) is 31.8 Å². The first-order valence-electron chi connectivity index (χ1n) is 3.79. The molecule has 0 atom stereocenters. The molecule has 2 heteroatoms. The van der Waals surface area contributed by atoms with Crippen LogP contribution >= 0.6 is 0 Å². The molecule has 0 spiro atoms. The molecule has 1 saturated carbocycles. The Labute approximate surface area is 61.3 Å². The predicted molar refractivity (Wildman–Crippen MR) is 40.5 cm³/mol. The van der Waals surface area contributed by atoms with Crippen LogP contribution in [0, 0.1) is 5.92 Å². The normalized spacial score (nSPS) is 17.7. The topological polar surface area (TPSA) is 29.1 Å². The highest BCUT2D eigenvalue weighted by atomic mass is 16.1. The highest BCUT2D eigenvalue weighted by Gasteiger charge is 2.17. The number of carbonyl (C=O) groups excluding carboxylic acids is 1. The van der Waals surface area contributed by atoms with E-state index in [1.54, 1.807) is 6.08 Å². The quantitative estimate of drug-likeness (QED) is 0.582. The van der Waals surface area contributed by atoms with Crippen LogP contribution in [-0.2, 0) is 4.79 Å². The number of allylic oxidation sites excluding steroid dienone is 1. The molecule has 0 aromatic heterocycles. The Morgan fingerprint density at radius 2 is 2.40 bits per heavy atom. The highest BCUT2D eigenvalue weighted by molar-refractivity contribution is 5.87. The van der Waals surface area contributed by atoms with Gasteiger partial charge in [0.15, 0.2) is 0 Å². The van der Waals surface area contributed by atoms with Gasteiger partial charge in [-0.15, -0.1) is 0 Å². The molecule has 1 N–H and O–H groups in total. The smallest absolute Gasteiger partial charge is 0.243 e. The van der Waals surface area contributed by atoms with Crippen LogP contribution in [0.1, 0.15) is 19.8 Å². The molecule has 1 aliphatic rings. The molecule has 0 saturated heterocycles. The van der Waals surface area contributed by atoms with Crippen LogP contribution in [0.25, 0.3) is 0 Å². The van der Waals surface area contributed by atoms with Crippen molar-refractivity contribution >= 4 is 5.91 Å². The number of rotatable bonds is 3. The van der Waals surface area contributed by atoms with Crippen molar-refractivity contribution in [2.45, 2.75) is 19.8 Å². The van der Waals surface area contributed by atoms with Gasteiger partial charge in [-0.25, -0.2) is 0 Å². The molecule has 1 amide bonds. The van der Waals surface area contributed by atoms with Gasteiger partial charge in [0.25, 0.3) is 0 Å². The third-order valence-electron chi connectivity index (χ3n) is 1.49. The largest absolute Gasteiger partial charge is 0.353 e. The molecule has 1 rings (SSSR count). The SMILES string of the molecule is CCNC(=O)/C=C/C1CC1. The van der Waals surface area contributed by atoms with E-state index in [9.17, 15) is 4.79 Å². The zero-order valence-electron chi connectivity index (χ0n) is 6.26. The molecular weight excluding hydrogens is 126 g/mol. The number of likely N-dealkylation sites (N-methyl/N-ethyl adjacent to an activating group) is 1. The molecule has 0 radical (unpaired) electrons. The fourth-order valence-corrected chi connectivity index (χ4v) is 0.745. The second-order valence-corrected chi connectivity index (χ2v) is 2.59. The molecule has 0 aromatic rings. The number of carbonyl (C=O) groups is 1. The molecule has 0 unspecified atom stereocenters. The van der Waals surface area contributed by atoms with Crippen LogP contribution in [0.4, 0.5) is 0 Å². The van der Waals surface area contributed by atoms with Gasteiger partial charge in [0.2, 0.25) is 5.91 Å². The summed E-state index contributed by atoms with van der Waals surface area (Å²) >= 11 is 0. The van der Waals surface area contributed by atoms with Gasteiger partial charge in [-0.2, -0.15) is 0 Å². The maximum absolute atomic E-state index is 10.8. The first-order valence-corrected chi connectivity index (χ1v) is 3.79. The molecule has 2 nitrogen and oxygen atoms in total. The summed E-state index contributed by atoms with van der Waals surface area (Å²) in [5.74, 6) is 0.733. The van der Waals surface area contributed by atoms with Gasteiger partial charge in [0.05, 0.1) is 0 Å². The average Bonchev–Trinajstić information content (AvgIpc) is 2.67. The Hall–Kier alpha value is -0.790. The van der Waals surface area contributed by atoms with E-state index in [0.717, 1.165) is 0 Å². The van der Waals surface area contributed by atoms with Gasteiger partial charge in [-0.3, -0.25) is 4.79 Å². The maximum Gasteiger partial charge on any atom is 0.243 e. The van der Waals surface area contributed by atoms with Crippen LogP contribution in [0.2, 0.25) is 0 Å². The number of hydrogen-bond donors (Lipinski definition) is 1. The molecule has 0 aromatic carbocycles. The molecule has 0 bridgehead atoms. The van der Waals surface area contributed by atoms with Crippen molar-refractivity contribution in [3.63, 3.8) is 0 Å². The van der Waals surface area contributed by atoms with Gasteiger partial charge >= 0.3 is 0 Å². The summed E-state index contributed by atoms with van der Waals surface area (Å²) in [6.45, 7) is 2.64. The molecule has 10 heavy (non-hydrogen) atoms. The minimum absolute atomic E-state index is 0.0365. The second-order valence-electron chi connectivity index (χ2n) is 2.59. The summed E-state index contributed by atoms with van der Waals surface area (Å²) in [4.78, 5) is 10.8. The summed E-state index contributed by atoms with van der Waals surface area (Å²) in [5.41, 5.74) is 0. The Morgan fingerprint density at radius 1 is 1.70 bits per heavy atom. The minimum atomic E-state index is 0.0365. The monoisotopic (exact) mass is 139 g/mol. The lowest BCUT2D eigenvalue weighted by atomic mass is 10.3. The Kier molecular flexibility index (Phi) is 2.49. The summed E-state index contributed by atoms with van der Waals surface area (Å²) in [6.07, 6.45) is 6.15. The van der Waals surface area contributed by atoms with Crippen LogP contribution in [0.5, 0.6) is 0 Å².